The molecule has 2 aliphatic rings. The van der Waals surface area contributed by atoms with Gasteiger partial charge in [0.2, 0.25) is 0 Å². The maximum absolute atomic E-state index is 5.91. The summed E-state index contributed by atoms with van der Waals surface area (Å²) >= 11 is 1.84. The van der Waals surface area contributed by atoms with Gasteiger partial charge in [0.25, 0.3) is 0 Å². The van der Waals surface area contributed by atoms with Crippen molar-refractivity contribution in [2.24, 2.45) is 0 Å². The molecule has 3 heterocycles. The Morgan fingerprint density at radius 1 is 1.29 bits per heavy atom. The quantitative estimate of drug-likeness (QED) is 0.860. The molecule has 0 spiro atoms. The van der Waals surface area contributed by atoms with Crippen molar-refractivity contribution in [1.82, 2.24) is 9.88 Å². The van der Waals surface area contributed by atoms with Crippen LogP contribution in [0.15, 0.2) is 6.20 Å². The summed E-state index contributed by atoms with van der Waals surface area (Å²) in [5, 5.41) is 1.22. The fourth-order valence-corrected chi connectivity index (χ4v) is 3.96. The van der Waals surface area contributed by atoms with Crippen LogP contribution in [0.5, 0.6) is 0 Å². The van der Waals surface area contributed by atoms with Crippen LogP contribution in [0.25, 0.3) is 0 Å². The summed E-state index contributed by atoms with van der Waals surface area (Å²) in [6, 6.07) is 0. The number of hydrogen-bond donors (Lipinski definition) is 0. The SMILES string of the molecule is CC(C)(C)c1ncc(CN2CCO[C@@H]([C@@H]3CCCO3)C2)s1. The summed E-state index contributed by atoms with van der Waals surface area (Å²) in [5.41, 5.74) is 0.147. The third-order valence-corrected chi connectivity index (χ3v) is 5.54. The third-order valence-electron chi connectivity index (χ3n) is 4.13. The second kappa shape index (κ2) is 6.32. The van der Waals surface area contributed by atoms with E-state index in [9.17, 15) is 0 Å². The van der Waals surface area contributed by atoms with Gasteiger partial charge in [0.15, 0.2) is 0 Å². The first kappa shape index (κ1) is 15.4. The molecule has 2 saturated heterocycles. The largest absolute Gasteiger partial charge is 0.375 e. The fourth-order valence-electron chi connectivity index (χ4n) is 2.94. The van der Waals surface area contributed by atoms with Crippen LogP contribution in [0.2, 0.25) is 0 Å². The van der Waals surface area contributed by atoms with Crippen LogP contribution in [0.3, 0.4) is 0 Å². The molecular weight excluding hydrogens is 284 g/mol. The fraction of sp³-hybridized carbons (Fsp3) is 0.812. The van der Waals surface area contributed by atoms with Gasteiger partial charge in [0.1, 0.15) is 0 Å². The van der Waals surface area contributed by atoms with Gasteiger partial charge in [0.05, 0.1) is 23.8 Å². The molecule has 1 aromatic heterocycles. The van der Waals surface area contributed by atoms with Crippen molar-refractivity contribution in [3.05, 3.63) is 16.1 Å². The first-order valence-corrected chi connectivity index (χ1v) is 8.75. The molecule has 3 rings (SSSR count). The van der Waals surface area contributed by atoms with Gasteiger partial charge >= 0.3 is 0 Å². The van der Waals surface area contributed by atoms with Gasteiger partial charge < -0.3 is 9.47 Å². The highest BCUT2D eigenvalue weighted by Gasteiger charge is 2.31. The number of nitrogens with zero attached hydrogens (tertiary/aromatic N) is 2. The highest BCUT2D eigenvalue weighted by atomic mass is 32.1. The summed E-state index contributed by atoms with van der Waals surface area (Å²) < 4.78 is 11.7. The zero-order valence-corrected chi connectivity index (χ0v) is 14.1. The number of rotatable bonds is 3. The average Bonchev–Trinajstić information content (AvgIpc) is 3.09. The van der Waals surface area contributed by atoms with E-state index in [-0.39, 0.29) is 11.5 Å². The molecule has 2 atom stereocenters. The molecule has 4 nitrogen and oxygen atoms in total. The van der Waals surface area contributed by atoms with Crippen LogP contribution in [0.1, 0.15) is 43.5 Å². The lowest BCUT2D eigenvalue weighted by Gasteiger charge is -2.35. The Labute approximate surface area is 131 Å². The van der Waals surface area contributed by atoms with Crippen molar-refractivity contribution in [2.75, 3.05) is 26.3 Å². The molecule has 0 unspecified atom stereocenters. The molecule has 2 fully saturated rings. The number of thiazole rings is 1. The van der Waals surface area contributed by atoms with Crippen molar-refractivity contribution >= 4 is 11.3 Å². The number of ether oxygens (including phenoxy) is 2. The molecular formula is C16H26N2O2S. The molecule has 2 aliphatic heterocycles. The number of hydrogen-bond acceptors (Lipinski definition) is 5. The number of aromatic nitrogens is 1. The van der Waals surface area contributed by atoms with E-state index in [0.29, 0.717) is 6.10 Å². The predicted molar refractivity (Wildman–Crippen MR) is 84.8 cm³/mol. The van der Waals surface area contributed by atoms with Crippen molar-refractivity contribution in [1.29, 1.82) is 0 Å². The van der Waals surface area contributed by atoms with E-state index in [1.54, 1.807) is 0 Å². The average molecular weight is 310 g/mol. The molecule has 0 N–H and O–H groups in total. The lowest BCUT2D eigenvalue weighted by molar-refractivity contribution is -0.0958. The first-order valence-electron chi connectivity index (χ1n) is 7.93. The monoisotopic (exact) mass is 310 g/mol. The summed E-state index contributed by atoms with van der Waals surface area (Å²) in [6.07, 6.45) is 4.92. The first-order chi connectivity index (χ1) is 10.0. The van der Waals surface area contributed by atoms with Gasteiger partial charge in [-0.05, 0) is 12.8 Å². The summed E-state index contributed by atoms with van der Waals surface area (Å²) in [6.45, 7) is 11.3. The minimum atomic E-state index is 0.147. The van der Waals surface area contributed by atoms with Gasteiger partial charge in [-0.3, -0.25) is 4.90 Å². The van der Waals surface area contributed by atoms with E-state index < -0.39 is 0 Å². The molecule has 118 valence electrons. The van der Waals surface area contributed by atoms with E-state index >= 15 is 0 Å². The van der Waals surface area contributed by atoms with Gasteiger partial charge in [-0.25, -0.2) is 4.98 Å². The summed E-state index contributed by atoms with van der Waals surface area (Å²) in [7, 11) is 0. The van der Waals surface area contributed by atoms with Crippen molar-refractivity contribution < 1.29 is 9.47 Å². The molecule has 0 aliphatic carbocycles. The second-order valence-electron chi connectivity index (χ2n) is 7.08. The molecule has 0 bridgehead atoms. The second-order valence-corrected chi connectivity index (χ2v) is 8.19. The third kappa shape index (κ3) is 3.83. The minimum absolute atomic E-state index is 0.147. The van der Waals surface area contributed by atoms with E-state index in [1.807, 2.05) is 17.5 Å². The van der Waals surface area contributed by atoms with E-state index in [4.69, 9.17) is 9.47 Å². The molecule has 1 aromatic rings. The summed E-state index contributed by atoms with van der Waals surface area (Å²) in [4.78, 5) is 8.42. The van der Waals surface area contributed by atoms with Gasteiger partial charge in [-0.15, -0.1) is 11.3 Å². The predicted octanol–water partition coefficient (Wildman–Crippen LogP) is 2.82. The maximum Gasteiger partial charge on any atom is 0.0981 e. The van der Waals surface area contributed by atoms with Crippen LogP contribution in [0.4, 0.5) is 0 Å². The van der Waals surface area contributed by atoms with Gasteiger partial charge in [0, 0.05) is 42.7 Å². The lowest BCUT2D eigenvalue weighted by atomic mass is 9.98. The molecule has 0 aromatic carbocycles. The van der Waals surface area contributed by atoms with Crippen molar-refractivity contribution in [2.45, 2.75) is 57.8 Å². The molecule has 5 heteroatoms. The highest BCUT2D eigenvalue weighted by Crippen LogP contribution is 2.28. The Morgan fingerprint density at radius 2 is 2.10 bits per heavy atom. The van der Waals surface area contributed by atoms with Crippen LogP contribution >= 0.6 is 11.3 Å². The lowest BCUT2D eigenvalue weighted by Crippen LogP contribution is -2.47. The Morgan fingerprint density at radius 3 is 2.76 bits per heavy atom. The van der Waals surface area contributed by atoms with Gasteiger partial charge in [-0.1, -0.05) is 20.8 Å². The normalized spacial score (nSPS) is 28.1. The van der Waals surface area contributed by atoms with E-state index in [0.717, 1.165) is 39.3 Å². The van der Waals surface area contributed by atoms with Gasteiger partial charge in [-0.2, -0.15) is 0 Å². The minimum Gasteiger partial charge on any atom is -0.375 e. The smallest absolute Gasteiger partial charge is 0.0981 e. The van der Waals surface area contributed by atoms with Crippen LogP contribution in [-0.2, 0) is 21.4 Å². The molecule has 21 heavy (non-hydrogen) atoms. The van der Waals surface area contributed by atoms with Crippen LogP contribution in [0, 0.1) is 0 Å². The topological polar surface area (TPSA) is 34.6 Å². The van der Waals surface area contributed by atoms with Crippen LogP contribution in [-0.4, -0.2) is 48.4 Å². The van der Waals surface area contributed by atoms with E-state index in [2.05, 4.69) is 30.7 Å². The van der Waals surface area contributed by atoms with E-state index in [1.165, 1.54) is 16.3 Å². The van der Waals surface area contributed by atoms with Crippen molar-refractivity contribution in [3.8, 4) is 0 Å². The molecule has 0 amide bonds. The Hall–Kier alpha value is -0.490. The van der Waals surface area contributed by atoms with Crippen molar-refractivity contribution in [3.63, 3.8) is 0 Å². The molecule has 0 saturated carbocycles. The molecule has 0 radical (unpaired) electrons. The zero-order valence-electron chi connectivity index (χ0n) is 13.3. The number of morpholine rings is 1. The Kier molecular flexibility index (Phi) is 4.64. The zero-order chi connectivity index (χ0) is 14.9. The maximum atomic E-state index is 5.91. The Balaban J connectivity index is 1.58. The summed E-state index contributed by atoms with van der Waals surface area (Å²) in [5.74, 6) is 0. The standard InChI is InChI=1S/C16H26N2O2S/c1-16(2,3)15-17-9-12(21-15)10-18-6-8-20-14(11-18)13-5-4-7-19-13/h9,13-14H,4-8,10-11H2,1-3H3/t13-,14+/m0/s1. The Bertz CT molecular complexity index is 463. The highest BCUT2D eigenvalue weighted by molar-refractivity contribution is 7.11. The van der Waals surface area contributed by atoms with Crippen LogP contribution < -0.4 is 0 Å².